The van der Waals surface area contributed by atoms with Crippen molar-refractivity contribution in [3.8, 4) is 0 Å². The zero-order valence-electron chi connectivity index (χ0n) is 21.0. The van der Waals surface area contributed by atoms with Crippen LogP contribution < -0.4 is 5.56 Å². The Morgan fingerprint density at radius 2 is 1.73 bits per heavy atom. The molecule has 0 radical (unpaired) electrons. The number of ketones is 1. The number of hydrogen-bond acceptors (Lipinski definition) is 7. The third-order valence-corrected chi connectivity index (χ3v) is 6.87. The molecule has 7 nitrogen and oxygen atoms in total. The Balaban J connectivity index is 1.37. The van der Waals surface area contributed by atoms with E-state index in [0.717, 1.165) is 29.5 Å². The number of carbonyl (C=O) groups excluding carboxylic acids is 2. The Morgan fingerprint density at radius 3 is 2.46 bits per heavy atom. The lowest BCUT2D eigenvalue weighted by Gasteiger charge is -2.06. The zero-order valence-corrected chi connectivity index (χ0v) is 21.9. The maximum absolute atomic E-state index is 12.8. The fourth-order valence-corrected chi connectivity index (χ4v) is 5.01. The van der Waals surface area contributed by atoms with Crippen molar-refractivity contribution >= 4 is 33.3 Å². The second kappa shape index (κ2) is 12.6. The van der Waals surface area contributed by atoms with Crippen molar-refractivity contribution in [1.29, 1.82) is 0 Å². The normalized spacial score (nSPS) is 11.1. The maximum atomic E-state index is 12.8. The van der Waals surface area contributed by atoms with E-state index in [4.69, 9.17) is 9.47 Å². The van der Waals surface area contributed by atoms with Gasteiger partial charge in [-0.15, -0.1) is 11.3 Å². The van der Waals surface area contributed by atoms with Crippen LogP contribution >= 0.6 is 11.3 Å². The van der Waals surface area contributed by atoms with Gasteiger partial charge in [-0.2, -0.15) is 0 Å². The summed E-state index contributed by atoms with van der Waals surface area (Å²) >= 11 is 1.32. The molecule has 37 heavy (non-hydrogen) atoms. The average molecular weight is 519 g/mol. The predicted molar refractivity (Wildman–Crippen MR) is 144 cm³/mol. The SMILES string of the molecule is CCCc1cccc(CCC(=O)c2nc3scc(COCc4ccc(C(=O)OCC)cc4)c3c(=O)[nH]2)c1. The van der Waals surface area contributed by atoms with Crippen LogP contribution in [0.4, 0.5) is 0 Å². The number of rotatable bonds is 12. The summed E-state index contributed by atoms with van der Waals surface area (Å²) in [5.74, 6) is -0.443. The fraction of sp³-hybridized carbons (Fsp3) is 0.310. The molecule has 0 amide bonds. The Labute approximate surface area is 219 Å². The number of fused-ring (bicyclic) bond motifs is 1. The molecule has 0 spiro atoms. The van der Waals surface area contributed by atoms with Crippen LogP contribution in [0, 0.1) is 0 Å². The second-order valence-corrected chi connectivity index (χ2v) is 9.62. The quantitative estimate of drug-likeness (QED) is 0.192. The number of aryl methyl sites for hydroxylation is 2. The van der Waals surface area contributed by atoms with Gasteiger partial charge in [0.1, 0.15) is 4.83 Å². The molecule has 0 aliphatic carbocycles. The van der Waals surface area contributed by atoms with Gasteiger partial charge >= 0.3 is 5.97 Å². The van der Waals surface area contributed by atoms with Gasteiger partial charge in [-0.25, -0.2) is 9.78 Å². The number of carbonyl (C=O) groups is 2. The van der Waals surface area contributed by atoms with E-state index < -0.39 is 0 Å². The highest BCUT2D eigenvalue weighted by molar-refractivity contribution is 7.16. The highest BCUT2D eigenvalue weighted by Crippen LogP contribution is 2.23. The third kappa shape index (κ3) is 6.78. The van der Waals surface area contributed by atoms with E-state index in [9.17, 15) is 14.4 Å². The van der Waals surface area contributed by atoms with Gasteiger partial charge in [0.05, 0.1) is 30.8 Å². The van der Waals surface area contributed by atoms with Gasteiger partial charge < -0.3 is 14.5 Å². The number of esters is 1. The van der Waals surface area contributed by atoms with Crippen LogP contribution in [0.25, 0.3) is 10.2 Å². The van der Waals surface area contributed by atoms with E-state index in [1.54, 1.807) is 19.1 Å². The molecule has 8 heteroatoms. The molecule has 192 valence electrons. The van der Waals surface area contributed by atoms with Gasteiger partial charge in [0, 0.05) is 12.0 Å². The summed E-state index contributed by atoms with van der Waals surface area (Å²) < 4.78 is 10.8. The van der Waals surface area contributed by atoms with Crippen LogP contribution in [0.3, 0.4) is 0 Å². The van der Waals surface area contributed by atoms with Crippen LogP contribution in [0.15, 0.2) is 58.7 Å². The average Bonchev–Trinajstić information content (AvgIpc) is 3.32. The van der Waals surface area contributed by atoms with Crippen molar-refractivity contribution in [3.63, 3.8) is 0 Å². The first-order valence-corrected chi connectivity index (χ1v) is 13.3. The van der Waals surface area contributed by atoms with Crippen molar-refractivity contribution in [3.05, 3.63) is 97.9 Å². The van der Waals surface area contributed by atoms with Gasteiger partial charge in [-0.1, -0.05) is 49.7 Å². The standard InChI is InChI=1S/C29H30N2O5S/c1-3-6-19-7-5-8-20(15-19)11-14-24(32)26-30-27(33)25-23(18-37-28(25)31-26)17-35-16-21-9-12-22(13-10-21)29(34)36-4-2/h5,7-10,12-13,15,18H,3-4,6,11,14,16-17H2,1-2H3,(H,30,31,33). The Bertz CT molecular complexity index is 1440. The molecule has 0 fully saturated rings. The minimum Gasteiger partial charge on any atom is -0.462 e. The third-order valence-electron chi connectivity index (χ3n) is 5.95. The summed E-state index contributed by atoms with van der Waals surface area (Å²) in [7, 11) is 0. The number of aromatic nitrogens is 2. The number of ether oxygens (including phenoxy) is 2. The maximum Gasteiger partial charge on any atom is 0.338 e. The number of hydrogen-bond donors (Lipinski definition) is 1. The lowest BCUT2D eigenvalue weighted by atomic mass is 10.0. The highest BCUT2D eigenvalue weighted by atomic mass is 32.1. The molecular formula is C29H30N2O5S. The number of benzene rings is 2. The molecule has 2 heterocycles. The summed E-state index contributed by atoms with van der Waals surface area (Å²) in [4.78, 5) is 45.0. The smallest absolute Gasteiger partial charge is 0.338 e. The Kier molecular flexibility index (Phi) is 8.98. The number of Topliss-reactive ketones (excluding diaryl/α,β-unsaturated/α-hetero) is 1. The molecule has 0 aliphatic rings. The molecule has 2 aromatic carbocycles. The summed E-state index contributed by atoms with van der Waals surface area (Å²) in [6, 6.07) is 15.3. The molecule has 0 saturated carbocycles. The van der Waals surface area contributed by atoms with Crippen LogP contribution in [-0.4, -0.2) is 28.3 Å². The molecule has 0 aliphatic heterocycles. The molecule has 4 aromatic rings. The van der Waals surface area contributed by atoms with Gasteiger partial charge in [-0.05, 0) is 54.0 Å². The van der Waals surface area contributed by atoms with Gasteiger partial charge in [0.25, 0.3) is 5.56 Å². The molecule has 2 aromatic heterocycles. The first-order chi connectivity index (χ1) is 18.0. The number of nitrogens with one attached hydrogen (secondary N) is 1. The summed E-state index contributed by atoms with van der Waals surface area (Å²) in [5, 5.41) is 2.29. The number of thiophene rings is 1. The second-order valence-electron chi connectivity index (χ2n) is 8.76. The Hall–Kier alpha value is -3.62. The first kappa shape index (κ1) is 26.4. The lowest BCUT2D eigenvalue weighted by molar-refractivity contribution is 0.0526. The van der Waals surface area contributed by atoms with E-state index in [0.29, 0.717) is 35.4 Å². The largest absolute Gasteiger partial charge is 0.462 e. The molecule has 0 saturated heterocycles. The van der Waals surface area contributed by atoms with E-state index in [2.05, 4.69) is 29.0 Å². The van der Waals surface area contributed by atoms with Crippen LogP contribution in [-0.2, 0) is 35.5 Å². The van der Waals surface area contributed by atoms with Crippen molar-refractivity contribution in [2.45, 2.75) is 52.7 Å². The zero-order chi connectivity index (χ0) is 26.2. The van der Waals surface area contributed by atoms with Gasteiger partial charge in [-0.3, -0.25) is 9.59 Å². The summed E-state index contributed by atoms with van der Waals surface area (Å²) in [5.41, 5.74) is 4.15. The van der Waals surface area contributed by atoms with E-state index in [1.807, 2.05) is 29.6 Å². The van der Waals surface area contributed by atoms with E-state index in [1.165, 1.54) is 16.9 Å². The lowest BCUT2D eigenvalue weighted by Crippen LogP contribution is -2.16. The number of nitrogens with zero attached hydrogens (tertiary/aromatic N) is 1. The Morgan fingerprint density at radius 1 is 0.973 bits per heavy atom. The highest BCUT2D eigenvalue weighted by Gasteiger charge is 2.16. The van der Waals surface area contributed by atoms with Crippen molar-refractivity contribution < 1.29 is 19.1 Å². The molecule has 0 unspecified atom stereocenters. The summed E-state index contributed by atoms with van der Waals surface area (Å²) in [6.45, 7) is 4.79. The first-order valence-electron chi connectivity index (χ1n) is 12.4. The monoisotopic (exact) mass is 518 g/mol. The van der Waals surface area contributed by atoms with Gasteiger partial charge in [0.2, 0.25) is 0 Å². The number of H-pyrrole nitrogens is 1. The van der Waals surface area contributed by atoms with Crippen molar-refractivity contribution in [2.75, 3.05) is 6.61 Å². The fourth-order valence-electron chi connectivity index (χ4n) is 4.08. The molecule has 1 N–H and O–H groups in total. The summed E-state index contributed by atoms with van der Waals surface area (Å²) in [6.07, 6.45) is 2.97. The molecular weight excluding hydrogens is 488 g/mol. The molecule has 0 bridgehead atoms. The molecule has 0 atom stereocenters. The van der Waals surface area contributed by atoms with Crippen molar-refractivity contribution in [1.82, 2.24) is 9.97 Å². The topological polar surface area (TPSA) is 98.3 Å². The van der Waals surface area contributed by atoms with Crippen LogP contribution in [0.2, 0.25) is 0 Å². The van der Waals surface area contributed by atoms with E-state index >= 15 is 0 Å². The van der Waals surface area contributed by atoms with Crippen molar-refractivity contribution in [2.24, 2.45) is 0 Å². The minimum absolute atomic E-state index is 0.0956. The molecule has 4 rings (SSSR count). The van der Waals surface area contributed by atoms with Crippen LogP contribution in [0.5, 0.6) is 0 Å². The number of aromatic amines is 1. The minimum atomic E-state index is -0.356. The van der Waals surface area contributed by atoms with Gasteiger partial charge in [0.15, 0.2) is 11.6 Å². The van der Waals surface area contributed by atoms with Crippen LogP contribution in [0.1, 0.15) is 69.9 Å². The van der Waals surface area contributed by atoms with E-state index in [-0.39, 0.29) is 36.2 Å². The predicted octanol–water partition coefficient (Wildman–Crippen LogP) is 5.65.